The number of benzene rings is 2. The van der Waals surface area contributed by atoms with Crippen molar-refractivity contribution in [1.29, 1.82) is 0 Å². The molecule has 3 N–H and O–H groups in total. The van der Waals surface area contributed by atoms with E-state index in [1.54, 1.807) is 0 Å². The topological polar surface area (TPSA) is 128 Å². The maximum Gasteiger partial charge on any atom is 0.271 e. The summed E-state index contributed by atoms with van der Waals surface area (Å²) in [6.45, 7) is 3.62. The summed E-state index contributed by atoms with van der Waals surface area (Å²) in [5.74, 6) is -2.90. The number of aliphatic hydroxyl groups is 1. The van der Waals surface area contributed by atoms with Gasteiger partial charge in [-0.25, -0.2) is 0 Å². The predicted molar refractivity (Wildman–Crippen MR) is 116 cm³/mol. The summed E-state index contributed by atoms with van der Waals surface area (Å²) in [7, 11) is 0. The zero-order chi connectivity index (χ0) is 22.3. The normalized spacial score (nSPS) is 20.2. The van der Waals surface area contributed by atoms with Gasteiger partial charge in [0.1, 0.15) is 0 Å². The van der Waals surface area contributed by atoms with Crippen molar-refractivity contribution in [2.75, 3.05) is 10.6 Å². The Balaban J connectivity index is 1.65. The van der Waals surface area contributed by atoms with Crippen molar-refractivity contribution in [2.45, 2.75) is 25.2 Å². The molecular weight excluding hydrogens is 418 g/mol. The van der Waals surface area contributed by atoms with Crippen LogP contribution in [0.1, 0.15) is 20.3 Å². The van der Waals surface area contributed by atoms with Crippen LogP contribution in [0, 0.1) is 21.4 Å². The van der Waals surface area contributed by atoms with Crippen LogP contribution >= 0.6 is 11.8 Å². The number of fused-ring (bicyclic) bond motifs is 1. The van der Waals surface area contributed by atoms with E-state index in [1.807, 2.05) is 38.1 Å². The minimum Gasteiger partial charge on any atom is -0.871 e. The SMILES string of the molecule is CC1(C)CC2=C(Sc3ccccc3N2)C(=O)C1C([O-])=C(O)Nc1cccc([N+](=O)[O-])c1. The number of non-ortho nitro benzene ring substituents is 1. The molecule has 2 aromatic carbocycles. The molecule has 0 spiro atoms. The fourth-order valence-corrected chi connectivity index (χ4v) is 4.98. The first kappa shape index (κ1) is 20.8. The molecule has 0 saturated carbocycles. The Morgan fingerprint density at radius 3 is 2.74 bits per heavy atom. The average molecular weight is 438 g/mol. The Hall–Kier alpha value is -3.46. The van der Waals surface area contributed by atoms with Crippen molar-refractivity contribution in [3.63, 3.8) is 0 Å². The lowest BCUT2D eigenvalue weighted by Gasteiger charge is -2.44. The summed E-state index contributed by atoms with van der Waals surface area (Å²) in [5, 5.41) is 40.3. The molecule has 4 rings (SSSR count). The number of para-hydroxylation sites is 1. The number of anilines is 2. The quantitative estimate of drug-likeness (QED) is 0.369. The third-order valence-electron chi connectivity index (χ3n) is 5.37. The summed E-state index contributed by atoms with van der Waals surface area (Å²) in [4.78, 5) is 25.1. The van der Waals surface area contributed by atoms with Crippen LogP contribution in [0.4, 0.5) is 17.1 Å². The van der Waals surface area contributed by atoms with E-state index in [0.29, 0.717) is 11.3 Å². The van der Waals surface area contributed by atoms with Crippen LogP contribution in [0.2, 0.25) is 0 Å². The standard InChI is InChI=1S/C22H21N3O5S/c1-22(2)11-15-20(31-16-9-4-3-8-14(16)24-15)18(26)17(22)19(27)21(28)23-12-6-5-7-13(10-12)25(29)30/h3-10,17,23-24,27-28H,11H2,1-2H3/p-1. The van der Waals surface area contributed by atoms with Gasteiger partial charge in [-0.05, 0) is 30.0 Å². The second-order valence-corrected chi connectivity index (χ2v) is 9.19. The van der Waals surface area contributed by atoms with Crippen molar-refractivity contribution in [1.82, 2.24) is 0 Å². The number of nitro groups is 1. The summed E-state index contributed by atoms with van der Waals surface area (Å²) in [6, 6.07) is 13.0. The van der Waals surface area contributed by atoms with Gasteiger partial charge in [-0.3, -0.25) is 14.9 Å². The van der Waals surface area contributed by atoms with E-state index >= 15 is 0 Å². The molecule has 0 bridgehead atoms. The minimum absolute atomic E-state index is 0.183. The van der Waals surface area contributed by atoms with Crippen LogP contribution in [0.25, 0.3) is 0 Å². The number of ketones is 1. The first-order valence-corrected chi connectivity index (χ1v) is 10.4. The van der Waals surface area contributed by atoms with Gasteiger partial charge in [-0.15, -0.1) is 0 Å². The molecule has 1 atom stereocenters. The predicted octanol–water partition coefficient (Wildman–Crippen LogP) is 4.14. The van der Waals surface area contributed by atoms with Gasteiger partial charge < -0.3 is 20.8 Å². The molecule has 9 heteroatoms. The maximum absolute atomic E-state index is 13.3. The molecule has 1 unspecified atom stereocenters. The number of hydrogen-bond acceptors (Lipinski definition) is 8. The molecular formula is C22H20N3O5S-. The van der Waals surface area contributed by atoms with Gasteiger partial charge in [0.15, 0.2) is 11.7 Å². The number of thioether (sulfide) groups is 1. The summed E-state index contributed by atoms with van der Waals surface area (Å²) in [5.41, 5.74) is 0.946. The number of nitrogens with zero attached hydrogens (tertiary/aromatic N) is 1. The van der Waals surface area contributed by atoms with Gasteiger partial charge in [-0.2, -0.15) is 0 Å². The number of carbonyl (C=O) groups excluding carboxylic acids is 1. The molecule has 0 fully saturated rings. The summed E-state index contributed by atoms with van der Waals surface area (Å²) in [6.07, 6.45) is 0.454. The molecule has 160 valence electrons. The number of nitrogens with one attached hydrogen (secondary N) is 2. The molecule has 1 aliphatic heterocycles. The second-order valence-electron chi connectivity index (χ2n) is 8.14. The van der Waals surface area contributed by atoms with Crippen LogP contribution in [0.5, 0.6) is 0 Å². The molecule has 0 amide bonds. The van der Waals surface area contributed by atoms with E-state index in [-0.39, 0.29) is 17.2 Å². The monoisotopic (exact) mass is 438 g/mol. The summed E-state index contributed by atoms with van der Waals surface area (Å²) >= 11 is 1.32. The first-order chi connectivity index (χ1) is 14.7. The second kappa shape index (κ2) is 7.66. The molecule has 0 saturated heterocycles. The first-order valence-electron chi connectivity index (χ1n) is 9.60. The fourth-order valence-electron chi connectivity index (χ4n) is 3.92. The number of hydrogen-bond donors (Lipinski definition) is 3. The largest absolute Gasteiger partial charge is 0.871 e. The number of carbonyl (C=O) groups is 1. The highest BCUT2D eigenvalue weighted by Gasteiger charge is 2.44. The number of nitro benzene ring substituents is 1. The lowest BCUT2D eigenvalue weighted by Crippen LogP contribution is -2.43. The van der Waals surface area contributed by atoms with Gasteiger partial charge in [0.25, 0.3) is 5.69 Å². The third-order valence-corrected chi connectivity index (χ3v) is 6.60. The van der Waals surface area contributed by atoms with Crippen molar-refractivity contribution >= 4 is 34.6 Å². The highest BCUT2D eigenvalue weighted by Crippen LogP contribution is 2.51. The van der Waals surface area contributed by atoms with Gasteiger partial charge in [0.05, 0.1) is 15.5 Å². The number of rotatable bonds is 4. The van der Waals surface area contributed by atoms with Gasteiger partial charge in [-0.1, -0.05) is 49.6 Å². The molecule has 1 heterocycles. The highest BCUT2D eigenvalue weighted by atomic mass is 32.2. The molecule has 0 aromatic heterocycles. The Bertz CT molecular complexity index is 1160. The maximum atomic E-state index is 13.3. The lowest BCUT2D eigenvalue weighted by molar-refractivity contribution is -0.384. The van der Waals surface area contributed by atoms with Crippen molar-refractivity contribution in [2.24, 2.45) is 11.3 Å². The molecule has 1 aliphatic carbocycles. The van der Waals surface area contributed by atoms with E-state index in [9.17, 15) is 25.1 Å². The molecule has 0 radical (unpaired) electrons. The van der Waals surface area contributed by atoms with Crippen molar-refractivity contribution < 1.29 is 19.9 Å². The van der Waals surface area contributed by atoms with Crippen LogP contribution in [0.15, 0.2) is 75.7 Å². The van der Waals surface area contributed by atoms with Crippen molar-refractivity contribution in [3.8, 4) is 0 Å². The van der Waals surface area contributed by atoms with E-state index in [4.69, 9.17) is 0 Å². The average Bonchev–Trinajstić information content (AvgIpc) is 2.72. The van der Waals surface area contributed by atoms with E-state index in [0.717, 1.165) is 16.3 Å². The zero-order valence-electron chi connectivity index (χ0n) is 16.8. The number of aliphatic hydroxyl groups excluding tert-OH is 1. The van der Waals surface area contributed by atoms with E-state index in [1.165, 1.54) is 36.0 Å². The fraction of sp³-hybridized carbons (Fsp3) is 0.227. The molecule has 8 nitrogen and oxygen atoms in total. The van der Waals surface area contributed by atoms with E-state index in [2.05, 4.69) is 10.6 Å². The van der Waals surface area contributed by atoms with E-state index < -0.39 is 27.9 Å². The minimum atomic E-state index is -1.09. The zero-order valence-corrected chi connectivity index (χ0v) is 17.7. The number of allylic oxidation sites excluding steroid dienone is 3. The Morgan fingerprint density at radius 1 is 1.26 bits per heavy atom. The number of Topliss-reactive ketones (excluding diaryl/α,β-unsaturated/α-hetero) is 1. The van der Waals surface area contributed by atoms with Gasteiger partial charge in [0, 0.05) is 34.3 Å². The lowest BCUT2D eigenvalue weighted by atomic mass is 9.68. The van der Waals surface area contributed by atoms with Gasteiger partial charge >= 0.3 is 0 Å². The van der Waals surface area contributed by atoms with Crippen LogP contribution in [-0.2, 0) is 4.79 Å². The van der Waals surface area contributed by atoms with Gasteiger partial charge in [0.2, 0.25) is 0 Å². The Kier molecular flexibility index (Phi) is 5.14. The van der Waals surface area contributed by atoms with Crippen molar-refractivity contribution in [3.05, 3.63) is 80.9 Å². The van der Waals surface area contributed by atoms with Crippen LogP contribution in [0.3, 0.4) is 0 Å². The smallest absolute Gasteiger partial charge is 0.271 e. The van der Waals surface area contributed by atoms with Crippen LogP contribution < -0.4 is 15.7 Å². The molecule has 2 aromatic rings. The molecule has 31 heavy (non-hydrogen) atoms. The Morgan fingerprint density at radius 2 is 2.00 bits per heavy atom. The van der Waals surface area contributed by atoms with Crippen LogP contribution in [-0.4, -0.2) is 15.8 Å². The molecule has 2 aliphatic rings. The third kappa shape index (κ3) is 3.84. The highest BCUT2D eigenvalue weighted by molar-refractivity contribution is 8.04. The Labute approximate surface area is 182 Å². The summed E-state index contributed by atoms with van der Waals surface area (Å²) < 4.78 is 0.